The van der Waals surface area contributed by atoms with Crippen LogP contribution in [0.4, 0.5) is 11.4 Å². The summed E-state index contributed by atoms with van der Waals surface area (Å²) in [7, 11) is 0. The average Bonchev–Trinajstić information content (AvgIpc) is 3.27. The Hall–Kier alpha value is -2.96. The number of hydroxylamine groups is 1. The van der Waals surface area contributed by atoms with Crippen molar-refractivity contribution in [1.29, 1.82) is 0 Å². The fourth-order valence-electron chi connectivity index (χ4n) is 4.16. The van der Waals surface area contributed by atoms with Gasteiger partial charge in [-0.15, -0.1) is 0 Å². The number of imide groups is 1. The van der Waals surface area contributed by atoms with Crippen LogP contribution in [0.1, 0.15) is 17.2 Å². The number of carbonyl (C=O) groups excluding carboxylic acids is 2. The summed E-state index contributed by atoms with van der Waals surface area (Å²) in [5, 5.41) is 1.71. The fraction of sp³-hybridized carbons (Fsp3) is 0.167. The molecule has 5 rings (SSSR count). The Morgan fingerprint density at radius 3 is 2.13 bits per heavy atom. The molecule has 2 fully saturated rings. The molecule has 2 aliphatic heterocycles. The van der Waals surface area contributed by atoms with Crippen LogP contribution in [0, 0.1) is 12.8 Å². The third-order valence-corrected chi connectivity index (χ3v) is 6.16. The molecule has 150 valence electrons. The number of benzene rings is 3. The lowest BCUT2D eigenvalue weighted by molar-refractivity contribution is -0.126. The summed E-state index contributed by atoms with van der Waals surface area (Å²) in [6.07, 6.45) is -0.854. The molecule has 0 radical (unpaired) electrons. The van der Waals surface area contributed by atoms with Crippen molar-refractivity contribution >= 4 is 39.1 Å². The summed E-state index contributed by atoms with van der Waals surface area (Å²) < 4.78 is 0.947. The lowest BCUT2D eigenvalue weighted by Gasteiger charge is -2.28. The van der Waals surface area contributed by atoms with Gasteiger partial charge in [0, 0.05) is 4.47 Å². The highest BCUT2D eigenvalue weighted by atomic mass is 79.9. The number of amides is 2. The second-order valence-electron chi connectivity index (χ2n) is 7.56. The van der Waals surface area contributed by atoms with Gasteiger partial charge in [-0.25, -0.2) is 9.96 Å². The molecule has 0 spiro atoms. The first kappa shape index (κ1) is 19.0. The van der Waals surface area contributed by atoms with Crippen molar-refractivity contribution in [2.24, 2.45) is 5.92 Å². The number of carbonyl (C=O) groups is 2. The highest BCUT2D eigenvalue weighted by Gasteiger charge is 2.60. The summed E-state index contributed by atoms with van der Waals surface area (Å²) in [4.78, 5) is 34.1. The van der Waals surface area contributed by atoms with Crippen molar-refractivity contribution in [3.63, 3.8) is 0 Å². The molecule has 3 aromatic carbocycles. The minimum atomic E-state index is -0.854. The molecule has 30 heavy (non-hydrogen) atoms. The Morgan fingerprint density at radius 2 is 1.47 bits per heavy atom. The minimum Gasteiger partial charge on any atom is -0.273 e. The van der Waals surface area contributed by atoms with Crippen molar-refractivity contribution < 1.29 is 14.4 Å². The second kappa shape index (κ2) is 7.38. The lowest BCUT2D eigenvalue weighted by atomic mass is 9.90. The van der Waals surface area contributed by atoms with Gasteiger partial charge in [0.05, 0.1) is 17.4 Å². The van der Waals surface area contributed by atoms with E-state index in [-0.39, 0.29) is 11.8 Å². The summed E-state index contributed by atoms with van der Waals surface area (Å²) in [6, 6.07) is 24.4. The van der Waals surface area contributed by atoms with E-state index in [1.165, 1.54) is 4.90 Å². The van der Waals surface area contributed by atoms with Crippen LogP contribution in [-0.2, 0) is 14.4 Å². The fourth-order valence-corrected chi connectivity index (χ4v) is 4.42. The van der Waals surface area contributed by atoms with Gasteiger partial charge in [0.15, 0.2) is 6.10 Å². The standard InChI is InChI=1S/C24H19BrN2O3/c1-15-7-13-18(14-8-15)26-23(28)20-21(16-9-11-17(25)12-10-16)27(30-22(20)24(26)29)19-5-3-2-4-6-19/h2-14,20-22H,1H3/t20-,21+,22-/m0/s1. The molecule has 0 N–H and O–H groups in total. The molecule has 0 bridgehead atoms. The predicted octanol–water partition coefficient (Wildman–Crippen LogP) is 4.81. The van der Waals surface area contributed by atoms with Gasteiger partial charge in [0.25, 0.3) is 5.91 Å². The molecule has 0 unspecified atom stereocenters. The molecule has 0 saturated carbocycles. The molecule has 5 nitrogen and oxygen atoms in total. The van der Waals surface area contributed by atoms with Crippen LogP contribution in [-0.4, -0.2) is 17.9 Å². The molecule has 2 heterocycles. The molecule has 0 aromatic heterocycles. The van der Waals surface area contributed by atoms with E-state index < -0.39 is 18.1 Å². The quantitative estimate of drug-likeness (QED) is 0.524. The Balaban J connectivity index is 1.58. The number of aryl methyl sites for hydroxylation is 1. The van der Waals surface area contributed by atoms with Gasteiger partial charge in [0.1, 0.15) is 5.92 Å². The normalized spacial score (nSPS) is 23.2. The van der Waals surface area contributed by atoms with Gasteiger partial charge in [0.2, 0.25) is 5.91 Å². The van der Waals surface area contributed by atoms with E-state index in [2.05, 4.69) is 15.9 Å². The monoisotopic (exact) mass is 462 g/mol. The highest BCUT2D eigenvalue weighted by Crippen LogP contribution is 2.47. The largest absolute Gasteiger partial charge is 0.273 e. The summed E-state index contributed by atoms with van der Waals surface area (Å²) >= 11 is 3.46. The zero-order valence-electron chi connectivity index (χ0n) is 16.2. The molecule has 3 aromatic rings. The number of anilines is 2. The van der Waals surface area contributed by atoms with Crippen molar-refractivity contribution in [3.8, 4) is 0 Å². The van der Waals surface area contributed by atoms with Crippen LogP contribution in [0.25, 0.3) is 0 Å². The molecular weight excluding hydrogens is 444 g/mol. The van der Waals surface area contributed by atoms with Gasteiger partial charge < -0.3 is 0 Å². The SMILES string of the molecule is Cc1ccc(N2C(=O)[C@@H]3[C@H](ON(c4ccccc4)[C@@H]3c3ccc(Br)cc3)C2=O)cc1. The Bertz CT molecular complexity index is 1100. The van der Waals surface area contributed by atoms with E-state index in [9.17, 15) is 9.59 Å². The third kappa shape index (κ3) is 3.04. The van der Waals surface area contributed by atoms with Gasteiger partial charge in [-0.05, 0) is 48.9 Å². The number of rotatable bonds is 3. The number of hydrogen-bond donors (Lipinski definition) is 0. The topological polar surface area (TPSA) is 49.9 Å². The maximum absolute atomic E-state index is 13.5. The summed E-state index contributed by atoms with van der Waals surface area (Å²) in [6.45, 7) is 1.97. The van der Waals surface area contributed by atoms with Gasteiger partial charge in [-0.3, -0.25) is 14.4 Å². The maximum atomic E-state index is 13.5. The van der Waals surface area contributed by atoms with E-state index in [1.807, 2.05) is 73.7 Å². The van der Waals surface area contributed by atoms with Crippen molar-refractivity contribution in [3.05, 3.63) is 94.5 Å². The Morgan fingerprint density at radius 1 is 0.800 bits per heavy atom. The molecular formula is C24H19BrN2O3. The van der Waals surface area contributed by atoms with E-state index in [4.69, 9.17) is 4.84 Å². The van der Waals surface area contributed by atoms with Crippen molar-refractivity contribution in [2.45, 2.75) is 19.1 Å². The van der Waals surface area contributed by atoms with Gasteiger partial charge in [-0.1, -0.05) is 64.0 Å². The minimum absolute atomic E-state index is 0.236. The summed E-state index contributed by atoms with van der Waals surface area (Å²) in [5.41, 5.74) is 3.37. The second-order valence-corrected chi connectivity index (χ2v) is 8.47. The predicted molar refractivity (Wildman–Crippen MR) is 118 cm³/mol. The summed E-state index contributed by atoms with van der Waals surface area (Å²) in [5.74, 6) is -1.19. The lowest BCUT2D eigenvalue weighted by Crippen LogP contribution is -2.37. The molecule has 0 aliphatic carbocycles. The number of hydrogen-bond acceptors (Lipinski definition) is 4. The number of nitrogens with zero attached hydrogens (tertiary/aromatic N) is 2. The first-order chi connectivity index (χ1) is 14.5. The smallest absolute Gasteiger partial charge is 0.266 e. The van der Waals surface area contributed by atoms with Crippen LogP contribution in [0.15, 0.2) is 83.3 Å². The number of para-hydroxylation sites is 1. The zero-order chi connectivity index (χ0) is 20.8. The van der Waals surface area contributed by atoms with Crippen LogP contribution in [0.2, 0.25) is 0 Å². The van der Waals surface area contributed by atoms with Crippen LogP contribution in [0.3, 0.4) is 0 Å². The van der Waals surface area contributed by atoms with Crippen molar-refractivity contribution in [2.75, 3.05) is 9.96 Å². The number of halogens is 1. The van der Waals surface area contributed by atoms with Crippen LogP contribution in [0.5, 0.6) is 0 Å². The van der Waals surface area contributed by atoms with E-state index in [0.717, 1.165) is 21.3 Å². The zero-order valence-corrected chi connectivity index (χ0v) is 17.8. The molecule has 2 saturated heterocycles. The van der Waals surface area contributed by atoms with Crippen LogP contribution >= 0.6 is 15.9 Å². The average molecular weight is 463 g/mol. The van der Waals surface area contributed by atoms with Crippen LogP contribution < -0.4 is 9.96 Å². The highest BCUT2D eigenvalue weighted by molar-refractivity contribution is 9.10. The van der Waals surface area contributed by atoms with E-state index in [0.29, 0.717) is 5.69 Å². The third-order valence-electron chi connectivity index (χ3n) is 5.63. The molecule has 6 heteroatoms. The van der Waals surface area contributed by atoms with Gasteiger partial charge >= 0.3 is 0 Å². The van der Waals surface area contributed by atoms with E-state index in [1.54, 1.807) is 17.2 Å². The Labute approximate surface area is 183 Å². The maximum Gasteiger partial charge on any atom is 0.266 e. The molecule has 2 amide bonds. The number of fused-ring (bicyclic) bond motifs is 1. The first-order valence-electron chi connectivity index (χ1n) is 9.75. The van der Waals surface area contributed by atoms with E-state index >= 15 is 0 Å². The van der Waals surface area contributed by atoms with Gasteiger partial charge in [-0.2, -0.15) is 0 Å². The molecule has 3 atom stereocenters. The van der Waals surface area contributed by atoms with Crippen molar-refractivity contribution in [1.82, 2.24) is 0 Å². The first-order valence-corrected chi connectivity index (χ1v) is 10.5. The Kier molecular flexibility index (Phi) is 4.68. The molecule has 2 aliphatic rings.